The minimum absolute atomic E-state index is 0.00847. The maximum absolute atomic E-state index is 12.4. The van der Waals surface area contributed by atoms with Crippen LogP contribution in [-0.4, -0.2) is 45.7 Å². The number of ether oxygens (including phenoxy) is 2. The Hall–Kier alpha value is -3.31. The Morgan fingerprint density at radius 2 is 1.73 bits per heavy atom. The maximum Gasteiger partial charge on any atom is 0.244 e. The highest BCUT2D eigenvalue weighted by atomic mass is 16.5. The molecule has 0 aliphatic rings. The predicted molar refractivity (Wildman–Crippen MR) is 122 cm³/mol. The van der Waals surface area contributed by atoms with E-state index >= 15 is 0 Å². The number of carbonyl (C=O) groups is 1. The molecule has 0 saturated heterocycles. The molecule has 0 saturated carbocycles. The van der Waals surface area contributed by atoms with Crippen molar-refractivity contribution in [3.63, 3.8) is 0 Å². The fourth-order valence-corrected chi connectivity index (χ4v) is 3.41. The molecular formula is C25H28N2O3. The van der Waals surface area contributed by atoms with Gasteiger partial charge in [0.05, 0.1) is 20.3 Å². The van der Waals surface area contributed by atoms with Crippen LogP contribution in [0, 0.1) is 0 Å². The standard InChI is InChI=1S/C25H28N2O3/c1-27(2)23(22-7-5-6-8-24(22)30-4)17-26-25(28)14-10-18-9-11-20-16-21(29-3)13-12-19(20)15-18/h5-16,23H,17H2,1-4H3,(H,26,28)/b14-10+/t23-/m1/s1. The van der Waals surface area contributed by atoms with E-state index in [1.165, 1.54) is 0 Å². The molecule has 1 N–H and O–H groups in total. The number of fused-ring (bicyclic) bond motifs is 1. The summed E-state index contributed by atoms with van der Waals surface area (Å²) in [4.78, 5) is 14.5. The molecule has 3 rings (SSSR count). The van der Waals surface area contributed by atoms with E-state index in [-0.39, 0.29) is 11.9 Å². The monoisotopic (exact) mass is 404 g/mol. The molecule has 0 heterocycles. The van der Waals surface area contributed by atoms with Gasteiger partial charge in [-0.05, 0) is 60.8 Å². The summed E-state index contributed by atoms with van der Waals surface area (Å²) < 4.78 is 10.7. The number of likely N-dealkylation sites (N-methyl/N-ethyl adjacent to an activating group) is 1. The summed E-state index contributed by atoms with van der Waals surface area (Å²) >= 11 is 0. The quantitative estimate of drug-likeness (QED) is 0.569. The molecule has 3 aromatic rings. The minimum atomic E-state index is -0.133. The second-order valence-corrected chi connectivity index (χ2v) is 7.27. The van der Waals surface area contributed by atoms with Gasteiger partial charge in [-0.1, -0.05) is 36.4 Å². The number of para-hydroxylation sites is 1. The van der Waals surface area contributed by atoms with Crippen molar-refractivity contribution in [2.24, 2.45) is 0 Å². The van der Waals surface area contributed by atoms with Gasteiger partial charge in [0.1, 0.15) is 11.5 Å². The minimum Gasteiger partial charge on any atom is -0.497 e. The second-order valence-electron chi connectivity index (χ2n) is 7.27. The largest absolute Gasteiger partial charge is 0.497 e. The van der Waals surface area contributed by atoms with Crippen LogP contribution in [0.5, 0.6) is 11.5 Å². The third-order valence-electron chi connectivity index (χ3n) is 5.09. The van der Waals surface area contributed by atoms with Gasteiger partial charge in [0.2, 0.25) is 5.91 Å². The number of amides is 1. The highest BCUT2D eigenvalue weighted by molar-refractivity contribution is 5.93. The SMILES string of the molecule is COc1ccc2cc(/C=C/C(=O)NC[C@H](c3ccccc3OC)N(C)C)ccc2c1. The van der Waals surface area contributed by atoms with Crippen LogP contribution in [0.25, 0.3) is 16.8 Å². The lowest BCUT2D eigenvalue weighted by atomic mass is 10.0. The predicted octanol–water partition coefficient (Wildman–Crippen LogP) is 4.29. The van der Waals surface area contributed by atoms with Gasteiger partial charge in [-0.2, -0.15) is 0 Å². The number of nitrogens with zero attached hydrogens (tertiary/aromatic N) is 1. The van der Waals surface area contributed by atoms with Crippen LogP contribution < -0.4 is 14.8 Å². The number of rotatable bonds is 8. The Morgan fingerprint density at radius 3 is 2.47 bits per heavy atom. The fourth-order valence-electron chi connectivity index (χ4n) is 3.41. The van der Waals surface area contributed by atoms with Gasteiger partial charge in [-0.25, -0.2) is 0 Å². The number of nitrogens with one attached hydrogen (secondary N) is 1. The van der Waals surface area contributed by atoms with Crippen LogP contribution in [0.15, 0.2) is 66.7 Å². The number of hydrogen-bond donors (Lipinski definition) is 1. The molecule has 0 aliphatic carbocycles. The van der Waals surface area contributed by atoms with Crippen LogP contribution in [0.4, 0.5) is 0 Å². The third kappa shape index (κ3) is 5.19. The molecule has 0 bridgehead atoms. The number of hydrogen-bond acceptors (Lipinski definition) is 4. The van der Waals surface area contributed by atoms with Crippen LogP contribution in [0.1, 0.15) is 17.2 Å². The molecule has 5 heteroatoms. The molecule has 0 fully saturated rings. The first-order valence-corrected chi connectivity index (χ1v) is 9.85. The maximum atomic E-state index is 12.4. The topological polar surface area (TPSA) is 50.8 Å². The van der Waals surface area contributed by atoms with Crippen LogP contribution in [-0.2, 0) is 4.79 Å². The first-order chi connectivity index (χ1) is 14.5. The van der Waals surface area contributed by atoms with E-state index < -0.39 is 0 Å². The van der Waals surface area contributed by atoms with Gasteiger partial charge in [-0.3, -0.25) is 4.79 Å². The molecule has 0 spiro atoms. The molecule has 0 aliphatic heterocycles. The highest BCUT2D eigenvalue weighted by Gasteiger charge is 2.18. The van der Waals surface area contributed by atoms with E-state index in [4.69, 9.17) is 9.47 Å². The van der Waals surface area contributed by atoms with E-state index in [0.717, 1.165) is 33.4 Å². The van der Waals surface area contributed by atoms with E-state index in [1.54, 1.807) is 20.3 Å². The lowest BCUT2D eigenvalue weighted by Crippen LogP contribution is -2.33. The molecule has 1 atom stereocenters. The molecule has 1 amide bonds. The first-order valence-electron chi connectivity index (χ1n) is 9.85. The Labute approximate surface area is 177 Å². The molecule has 156 valence electrons. The lowest BCUT2D eigenvalue weighted by molar-refractivity contribution is -0.116. The van der Waals surface area contributed by atoms with Gasteiger partial charge in [-0.15, -0.1) is 0 Å². The molecule has 0 aromatic heterocycles. The van der Waals surface area contributed by atoms with Crippen LogP contribution >= 0.6 is 0 Å². The van der Waals surface area contributed by atoms with Crippen molar-refractivity contribution in [3.05, 3.63) is 77.9 Å². The first kappa shape index (κ1) is 21.4. The van der Waals surface area contributed by atoms with Crippen molar-refractivity contribution >= 4 is 22.8 Å². The van der Waals surface area contributed by atoms with Crippen molar-refractivity contribution in [2.45, 2.75) is 6.04 Å². The number of methoxy groups -OCH3 is 2. The molecule has 0 radical (unpaired) electrons. The van der Waals surface area contributed by atoms with Gasteiger partial charge in [0.15, 0.2) is 0 Å². The summed E-state index contributed by atoms with van der Waals surface area (Å²) in [6.07, 6.45) is 3.40. The van der Waals surface area contributed by atoms with Gasteiger partial charge < -0.3 is 19.7 Å². The van der Waals surface area contributed by atoms with Crippen molar-refractivity contribution in [1.82, 2.24) is 10.2 Å². The van der Waals surface area contributed by atoms with Crippen molar-refractivity contribution in [2.75, 3.05) is 34.9 Å². The zero-order valence-corrected chi connectivity index (χ0v) is 17.9. The highest BCUT2D eigenvalue weighted by Crippen LogP contribution is 2.27. The normalized spacial score (nSPS) is 12.3. The van der Waals surface area contributed by atoms with Gasteiger partial charge in [0, 0.05) is 18.2 Å². The Kier molecular flexibility index (Phi) is 7.09. The summed E-state index contributed by atoms with van der Waals surface area (Å²) in [5.41, 5.74) is 2.01. The van der Waals surface area contributed by atoms with Gasteiger partial charge in [0.25, 0.3) is 0 Å². The average Bonchev–Trinajstić information content (AvgIpc) is 2.77. The average molecular weight is 405 g/mol. The van der Waals surface area contributed by atoms with E-state index in [1.807, 2.05) is 74.8 Å². The summed E-state index contributed by atoms with van der Waals surface area (Å²) in [6.45, 7) is 0.480. The molecule has 0 unspecified atom stereocenters. The van der Waals surface area contributed by atoms with Crippen LogP contribution in [0.3, 0.4) is 0 Å². The van der Waals surface area contributed by atoms with Gasteiger partial charge >= 0.3 is 0 Å². The number of carbonyl (C=O) groups excluding carboxylic acids is 1. The Bertz CT molecular complexity index is 1040. The Balaban J connectivity index is 1.66. The molecule has 3 aromatic carbocycles. The van der Waals surface area contributed by atoms with Crippen molar-refractivity contribution in [1.29, 1.82) is 0 Å². The zero-order chi connectivity index (χ0) is 21.5. The summed E-state index contributed by atoms with van der Waals surface area (Å²) in [5, 5.41) is 5.19. The zero-order valence-electron chi connectivity index (χ0n) is 17.9. The third-order valence-corrected chi connectivity index (χ3v) is 5.09. The van der Waals surface area contributed by atoms with Crippen LogP contribution in [0.2, 0.25) is 0 Å². The van der Waals surface area contributed by atoms with Crippen molar-refractivity contribution in [3.8, 4) is 11.5 Å². The second kappa shape index (κ2) is 9.94. The summed E-state index contributed by atoms with van der Waals surface area (Å²) in [6, 6.07) is 19.9. The summed E-state index contributed by atoms with van der Waals surface area (Å²) in [7, 11) is 7.30. The van der Waals surface area contributed by atoms with E-state index in [9.17, 15) is 4.79 Å². The molecule has 5 nitrogen and oxygen atoms in total. The van der Waals surface area contributed by atoms with E-state index in [2.05, 4.69) is 16.3 Å². The fraction of sp³-hybridized carbons (Fsp3) is 0.240. The van der Waals surface area contributed by atoms with E-state index in [0.29, 0.717) is 6.54 Å². The smallest absolute Gasteiger partial charge is 0.244 e. The molecular weight excluding hydrogens is 376 g/mol. The lowest BCUT2D eigenvalue weighted by Gasteiger charge is -2.26. The summed E-state index contributed by atoms with van der Waals surface area (Å²) in [5.74, 6) is 1.51. The molecule has 30 heavy (non-hydrogen) atoms. The van der Waals surface area contributed by atoms with Crippen molar-refractivity contribution < 1.29 is 14.3 Å². The Morgan fingerprint density at radius 1 is 1.00 bits per heavy atom. The number of benzene rings is 3.